The van der Waals surface area contributed by atoms with Crippen LogP contribution in [0.3, 0.4) is 0 Å². The monoisotopic (exact) mass is 477 g/mol. The number of rotatable bonds is 7. The van der Waals surface area contributed by atoms with Crippen LogP contribution in [-0.4, -0.2) is 28.8 Å². The van der Waals surface area contributed by atoms with E-state index in [0.717, 1.165) is 49.2 Å². The maximum atomic E-state index is 13.5. The van der Waals surface area contributed by atoms with Gasteiger partial charge in [0, 0.05) is 25.3 Å². The van der Waals surface area contributed by atoms with Crippen molar-refractivity contribution in [1.29, 1.82) is 5.26 Å². The molecule has 5 saturated carbocycles. The maximum Gasteiger partial charge on any atom is 0.162 e. The summed E-state index contributed by atoms with van der Waals surface area (Å²) in [7, 11) is 0. The lowest BCUT2D eigenvalue weighted by Crippen LogP contribution is -2.56. The second-order valence-electron chi connectivity index (χ2n) is 13.0. The van der Waals surface area contributed by atoms with Crippen LogP contribution in [-0.2, 0) is 16.1 Å². The molecule has 0 N–H and O–H groups in total. The third kappa shape index (κ3) is 3.81. The Bertz CT molecular complexity index is 992. The second-order valence-corrected chi connectivity index (χ2v) is 13.0. The van der Waals surface area contributed by atoms with Crippen molar-refractivity contribution in [3.63, 3.8) is 0 Å². The molecule has 0 spiro atoms. The van der Waals surface area contributed by atoms with Gasteiger partial charge in [-0.1, -0.05) is 6.92 Å². The average molecular weight is 478 g/mol. The molecule has 5 heteroatoms. The van der Waals surface area contributed by atoms with Gasteiger partial charge in [0.25, 0.3) is 0 Å². The average Bonchev–Trinajstić information content (AvgIpc) is 3.52. The summed E-state index contributed by atoms with van der Waals surface area (Å²) in [5.41, 5.74) is 1.14. The summed E-state index contributed by atoms with van der Waals surface area (Å²) < 4.78 is 7.55. The Balaban J connectivity index is 1.20. The van der Waals surface area contributed by atoms with E-state index in [4.69, 9.17) is 10.00 Å². The Morgan fingerprint density at radius 1 is 1.11 bits per heavy atom. The lowest BCUT2D eigenvalue weighted by molar-refractivity contribution is -0.148. The van der Waals surface area contributed by atoms with Crippen LogP contribution < -0.4 is 0 Å². The molecule has 190 valence electrons. The van der Waals surface area contributed by atoms with E-state index in [0.29, 0.717) is 29.4 Å². The second kappa shape index (κ2) is 9.02. The predicted octanol–water partition coefficient (Wildman–Crippen LogP) is 6.03. The van der Waals surface area contributed by atoms with Crippen LogP contribution in [0.4, 0.5) is 0 Å². The van der Waals surface area contributed by atoms with E-state index < -0.39 is 0 Å². The molecule has 5 aliphatic carbocycles. The van der Waals surface area contributed by atoms with Gasteiger partial charge in [0.05, 0.1) is 6.54 Å². The first-order valence-corrected chi connectivity index (χ1v) is 14.5. The van der Waals surface area contributed by atoms with Gasteiger partial charge in [-0.25, -0.2) is 0 Å². The fraction of sp³-hybridized carbons (Fsp3) is 0.833. The van der Waals surface area contributed by atoms with Gasteiger partial charge in [0.1, 0.15) is 6.07 Å². The molecule has 0 bridgehead atoms. The minimum Gasteiger partial charge on any atom is -0.381 e. The third-order valence-electron chi connectivity index (χ3n) is 11.7. The number of hydrogen-bond acceptors (Lipinski definition) is 4. The fourth-order valence-electron chi connectivity index (χ4n) is 10.2. The molecule has 0 saturated heterocycles. The van der Waals surface area contributed by atoms with Gasteiger partial charge >= 0.3 is 0 Å². The van der Waals surface area contributed by atoms with E-state index >= 15 is 0 Å². The van der Waals surface area contributed by atoms with Crippen LogP contribution in [0.15, 0.2) is 12.3 Å². The van der Waals surface area contributed by atoms with E-state index in [2.05, 4.69) is 25.0 Å². The minimum absolute atomic E-state index is 0.146. The number of ketones is 1. The van der Waals surface area contributed by atoms with Gasteiger partial charge in [0.15, 0.2) is 11.5 Å². The number of carbonyl (C=O) groups excluding carboxylic acids is 1. The van der Waals surface area contributed by atoms with Gasteiger partial charge < -0.3 is 4.74 Å². The van der Waals surface area contributed by atoms with Crippen molar-refractivity contribution in [3.8, 4) is 6.07 Å². The fourth-order valence-corrected chi connectivity index (χ4v) is 10.2. The van der Waals surface area contributed by atoms with Crippen molar-refractivity contribution in [3.05, 3.63) is 18.0 Å². The Morgan fingerprint density at radius 2 is 1.94 bits per heavy atom. The van der Waals surface area contributed by atoms with Crippen molar-refractivity contribution >= 4 is 5.78 Å². The quantitative estimate of drug-likeness (QED) is 0.481. The summed E-state index contributed by atoms with van der Waals surface area (Å²) >= 11 is 0. The lowest BCUT2D eigenvalue weighted by Gasteiger charge is -2.62. The Labute approximate surface area is 211 Å². The van der Waals surface area contributed by atoms with Gasteiger partial charge in [-0.3, -0.25) is 9.48 Å². The number of Topliss-reactive ketones (excluding diaryl/α,β-unsaturated/α-hetero) is 1. The largest absolute Gasteiger partial charge is 0.381 e. The summed E-state index contributed by atoms with van der Waals surface area (Å²) in [4.78, 5) is 13.5. The van der Waals surface area contributed by atoms with Crippen molar-refractivity contribution < 1.29 is 9.53 Å². The highest BCUT2D eigenvalue weighted by molar-refractivity contribution is 5.82. The molecule has 0 amide bonds. The smallest absolute Gasteiger partial charge is 0.162 e. The van der Waals surface area contributed by atoms with Crippen LogP contribution in [0.2, 0.25) is 0 Å². The summed E-state index contributed by atoms with van der Waals surface area (Å²) in [6.07, 6.45) is 16.6. The molecule has 5 nitrogen and oxygen atoms in total. The first-order valence-electron chi connectivity index (χ1n) is 14.5. The van der Waals surface area contributed by atoms with E-state index in [1.807, 2.05) is 0 Å². The lowest BCUT2D eigenvalue weighted by atomic mass is 9.42. The number of hydrogen-bond donors (Lipinski definition) is 0. The minimum atomic E-state index is 0.146. The molecule has 0 aliphatic heterocycles. The number of aromatic nitrogens is 2. The number of nitriles is 1. The number of ether oxygens (including phenoxy) is 1. The first-order chi connectivity index (χ1) is 17.0. The molecule has 1 aromatic heterocycles. The van der Waals surface area contributed by atoms with E-state index in [9.17, 15) is 4.79 Å². The van der Waals surface area contributed by atoms with Gasteiger partial charge in [-0.2, -0.15) is 10.4 Å². The molecule has 0 radical (unpaired) electrons. The zero-order valence-corrected chi connectivity index (χ0v) is 21.8. The predicted molar refractivity (Wildman–Crippen MR) is 134 cm³/mol. The Hall–Kier alpha value is -1.67. The molecule has 8 unspecified atom stereocenters. The summed E-state index contributed by atoms with van der Waals surface area (Å²) in [5.74, 6) is 5.57. The van der Waals surface area contributed by atoms with Crippen molar-refractivity contribution in [2.45, 2.75) is 91.0 Å². The highest BCUT2D eigenvalue weighted by Crippen LogP contribution is 2.72. The van der Waals surface area contributed by atoms with Crippen molar-refractivity contribution in [2.75, 3.05) is 13.2 Å². The maximum absolute atomic E-state index is 13.5. The first kappa shape index (κ1) is 23.7. The number of carbonyl (C=O) groups is 1. The van der Waals surface area contributed by atoms with Crippen LogP contribution in [0.1, 0.15) is 90.2 Å². The molecule has 5 aliphatic rings. The third-order valence-corrected chi connectivity index (χ3v) is 11.7. The molecule has 6 rings (SSSR count). The van der Waals surface area contributed by atoms with Crippen molar-refractivity contribution in [2.24, 2.45) is 52.3 Å². The van der Waals surface area contributed by atoms with Crippen LogP contribution in [0, 0.1) is 63.6 Å². The van der Waals surface area contributed by atoms with Crippen molar-refractivity contribution in [1.82, 2.24) is 9.78 Å². The van der Waals surface area contributed by atoms with Gasteiger partial charge in [-0.15, -0.1) is 0 Å². The van der Waals surface area contributed by atoms with Crippen LogP contribution in [0.5, 0.6) is 0 Å². The highest BCUT2D eigenvalue weighted by atomic mass is 16.5. The van der Waals surface area contributed by atoms with Gasteiger partial charge in [-0.05, 0) is 130 Å². The molecule has 1 heterocycles. The summed E-state index contributed by atoms with van der Waals surface area (Å²) in [6, 6.07) is 3.78. The molecule has 0 aromatic carbocycles. The van der Waals surface area contributed by atoms with E-state index in [1.54, 1.807) is 16.9 Å². The van der Waals surface area contributed by atoms with E-state index in [1.165, 1.54) is 64.2 Å². The normalized spacial score (nSPS) is 42.5. The molecule has 35 heavy (non-hydrogen) atoms. The number of fused-ring (bicyclic) bond motifs is 5. The molecule has 8 atom stereocenters. The van der Waals surface area contributed by atoms with Crippen LogP contribution in [0.25, 0.3) is 0 Å². The molecule has 1 aromatic rings. The topological polar surface area (TPSA) is 67.9 Å². The molecule has 5 fully saturated rings. The summed E-state index contributed by atoms with van der Waals surface area (Å²) in [5, 5.41) is 13.3. The molecular formula is C30H43N3O2. The summed E-state index contributed by atoms with van der Waals surface area (Å²) in [6.45, 7) is 6.72. The SMILES string of the molecule is CCOCC1CCC2(C3CC3)C(CCC3C4CCC(C(=O)Cn5ccc(C#N)n5)C4(C)CCC32)C1. The Kier molecular flexibility index (Phi) is 6.11. The van der Waals surface area contributed by atoms with E-state index in [-0.39, 0.29) is 11.3 Å². The van der Waals surface area contributed by atoms with Gasteiger partial charge in [0.2, 0.25) is 0 Å². The highest BCUT2D eigenvalue weighted by Gasteiger charge is 2.65. The van der Waals surface area contributed by atoms with Crippen LogP contribution >= 0.6 is 0 Å². The standard InChI is InChI=1S/C30H43N3O2/c1-3-35-19-20-10-14-30(21-4-5-21)22(16-20)6-7-24-25-8-9-27(29(25,2)13-11-26(24)30)28(34)18-33-15-12-23(17-31)32-33/h12,15,20-22,24-27H,3-11,13-14,16,18-19H2,1-2H3. The zero-order valence-electron chi connectivity index (χ0n) is 21.8. The molecular weight excluding hydrogens is 434 g/mol. The zero-order chi connectivity index (χ0) is 24.2. The Morgan fingerprint density at radius 3 is 2.69 bits per heavy atom. The number of nitrogens with zero attached hydrogens (tertiary/aromatic N) is 3.